The SMILES string of the molecule is CC1CCCC(Sc2cc3c(cc2Br)C(=O)C(=O)N3)C1. The van der Waals surface area contributed by atoms with Crippen molar-refractivity contribution in [2.75, 3.05) is 5.32 Å². The Bertz CT molecular complexity index is 587. The Kier molecular flexibility index (Phi) is 3.91. The number of nitrogens with one attached hydrogen (secondary N) is 1. The minimum Gasteiger partial charge on any atom is -0.318 e. The first-order valence-corrected chi connectivity index (χ1v) is 8.57. The van der Waals surface area contributed by atoms with Crippen molar-refractivity contribution in [1.29, 1.82) is 0 Å². The van der Waals surface area contributed by atoms with Gasteiger partial charge in [0.2, 0.25) is 0 Å². The molecule has 2 aliphatic rings. The van der Waals surface area contributed by atoms with Crippen molar-refractivity contribution in [3.8, 4) is 0 Å². The molecule has 0 aromatic heterocycles. The highest BCUT2D eigenvalue weighted by molar-refractivity contribution is 9.10. The second kappa shape index (κ2) is 5.53. The lowest BCUT2D eigenvalue weighted by Gasteiger charge is -2.26. The number of rotatable bonds is 2. The topological polar surface area (TPSA) is 46.2 Å². The van der Waals surface area contributed by atoms with Crippen molar-refractivity contribution in [3.05, 3.63) is 22.2 Å². The highest BCUT2D eigenvalue weighted by Gasteiger charge is 2.29. The van der Waals surface area contributed by atoms with Gasteiger partial charge in [0.1, 0.15) is 0 Å². The number of carbonyl (C=O) groups excluding carboxylic acids is 2. The fourth-order valence-electron chi connectivity index (χ4n) is 2.90. The van der Waals surface area contributed by atoms with Gasteiger partial charge in [-0.1, -0.05) is 19.8 Å². The first-order valence-electron chi connectivity index (χ1n) is 6.90. The lowest BCUT2D eigenvalue weighted by molar-refractivity contribution is -0.112. The number of amides is 1. The minimum absolute atomic E-state index is 0.441. The van der Waals surface area contributed by atoms with Crippen molar-refractivity contribution in [1.82, 2.24) is 0 Å². The van der Waals surface area contributed by atoms with Crippen LogP contribution in [0.3, 0.4) is 0 Å². The van der Waals surface area contributed by atoms with E-state index >= 15 is 0 Å². The number of hydrogen-bond donors (Lipinski definition) is 1. The van der Waals surface area contributed by atoms with E-state index in [-0.39, 0.29) is 0 Å². The summed E-state index contributed by atoms with van der Waals surface area (Å²) < 4.78 is 0.907. The Balaban J connectivity index is 1.83. The van der Waals surface area contributed by atoms with Crippen molar-refractivity contribution >= 4 is 45.1 Å². The Morgan fingerprint density at radius 3 is 2.85 bits per heavy atom. The van der Waals surface area contributed by atoms with Crippen LogP contribution in [0.4, 0.5) is 5.69 Å². The molecule has 0 saturated heterocycles. The van der Waals surface area contributed by atoms with Gasteiger partial charge in [0, 0.05) is 14.6 Å². The van der Waals surface area contributed by atoms with Crippen LogP contribution >= 0.6 is 27.7 Å². The number of carbonyl (C=O) groups is 2. The molecular formula is C15H16BrNO2S. The molecule has 3 nitrogen and oxygen atoms in total. The van der Waals surface area contributed by atoms with Crippen LogP contribution in [0.15, 0.2) is 21.5 Å². The number of anilines is 1. The molecule has 3 rings (SSSR count). The summed E-state index contributed by atoms with van der Waals surface area (Å²) >= 11 is 5.38. The Morgan fingerprint density at radius 1 is 1.30 bits per heavy atom. The van der Waals surface area contributed by atoms with Crippen LogP contribution in [-0.4, -0.2) is 16.9 Å². The molecular weight excluding hydrogens is 338 g/mol. The van der Waals surface area contributed by atoms with Crippen molar-refractivity contribution < 1.29 is 9.59 Å². The summed E-state index contributed by atoms with van der Waals surface area (Å²) in [4.78, 5) is 24.2. The second-order valence-electron chi connectivity index (χ2n) is 5.62. The number of halogens is 1. The molecule has 1 aliphatic heterocycles. The van der Waals surface area contributed by atoms with Crippen LogP contribution in [0.1, 0.15) is 43.0 Å². The van der Waals surface area contributed by atoms with E-state index in [2.05, 4.69) is 28.2 Å². The molecule has 106 valence electrons. The summed E-state index contributed by atoms with van der Waals surface area (Å²) in [6.07, 6.45) is 5.09. The Labute approximate surface area is 131 Å². The predicted molar refractivity (Wildman–Crippen MR) is 84.4 cm³/mol. The zero-order chi connectivity index (χ0) is 14.3. The Morgan fingerprint density at radius 2 is 2.10 bits per heavy atom. The average molecular weight is 354 g/mol. The third kappa shape index (κ3) is 2.66. The third-order valence-electron chi connectivity index (χ3n) is 3.95. The van der Waals surface area contributed by atoms with Gasteiger partial charge in [-0.25, -0.2) is 0 Å². The first-order chi connectivity index (χ1) is 9.54. The normalized spacial score (nSPS) is 25.5. The number of fused-ring (bicyclic) bond motifs is 1. The smallest absolute Gasteiger partial charge is 0.296 e. The van der Waals surface area contributed by atoms with Crippen molar-refractivity contribution in [2.24, 2.45) is 5.92 Å². The summed E-state index contributed by atoms with van der Waals surface area (Å²) in [5, 5.41) is 3.26. The molecule has 0 radical (unpaired) electrons. The molecule has 0 spiro atoms. The highest BCUT2D eigenvalue weighted by Crippen LogP contribution is 2.41. The lowest BCUT2D eigenvalue weighted by atomic mass is 9.91. The summed E-state index contributed by atoms with van der Waals surface area (Å²) in [6.45, 7) is 2.31. The number of thioether (sulfide) groups is 1. The van der Waals surface area contributed by atoms with Gasteiger partial charge in [0.15, 0.2) is 0 Å². The number of ketones is 1. The van der Waals surface area contributed by atoms with Gasteiger partial charge in [-0.05, 0) is 46.8 Å². The van der Waals surface area contributed by atoms with Crippen LogP contribution in [0, 0.1) is 5.92 Å². The minimum atomic E-state index is -0.527. The van der Waals surface area contributed by atoms with Gasteiger partial charge < -0.3 is 5.32 Å². The van der Waals surface area contributed by atoms with Gasteiger partial charge in [-0.2, -0.15) is 0 Å². The third-order valence-corrected chi connectivity index (χ3v) is 6.22. The van der Waals surface area contributed by atoms with E-state index in [1.807, 2.05) is 17.8 Å². The van der Waals surface area contributed by atoms with Crippen LogP contribution < -0.4 is 5.32 Å². The predicted octanol–water partition coefficient (Wildman–Crippen LogP) is 4.25. The van der Waals surface area contributed by atoms with Crippen LogP contribution in [0.2, 0.25) is 0 Å². The molecule has 5 heteroatoms. The van der Waals surface area contributed by atoms with E-state index in [4.69, 9.17) is 0 Å². The van der Waals surface area contributed by atoms with Crippen LogP contribution in [0.5, 0.6) is 0 Å². The molecule has 1 heterocycles. The standard InChI is InChI=1S/C15H16BrNO2S/c1-8-3-2-4-9(5-8)20-13-7-12-10(6-11(13)16)14(18)15(19)17-12/h6-9H,2-5H2,1H3,(H,17,18,19). The quantitative estimate of drug-likeness (QED) is 0.808. The monoisotopic (exact) mass is 353 g/mol. The molecule has 0 bridgehead atoms. The summed E-state index contributed by atoms with van der Waals surface area (Å²) in [7, 11) is 0. The second-order valence-corrected chi connectivity index (χ2v) is 7.82. The largest absolute Gasteiger partial charge is 0.318 e. The van der Waals surface area contributed by atoms with E-state index in [9.17, 15) is 9.59 Å². The van der Waals surface area contributed by atoms with Gasteiger partial charge >= 0.3 is 0 Å². The molecule has 2 unspecified atom stereocenters. The summed E-state index contributed by atoms with van der Waals surface area (Å²) in [5.41, 5.74) is 1.12. The molecule has 1 N–H and O–H groups in total. The zero-order valence-corrected chi connectivity index (χ0v) is 13.6. The lowest BCUT2D eigenvalue weighted by Crippen LogP contribution is -2.14. The first kappa shape index (κ1) is 14.1. The highest BCUT2D eigenvalue weighted by atomic mass is 79.9. The van der Waals surface area contributed by atoms with E-state index in [1.165, 1.54) is 25.7 Å². The van der Waals surface area contributed by atoms with E-state index in [0.717, 1.165) is 15.3 Å². The molecule has 1 aliphatic carbocycles. The maximum absolute atomic E-state index is 11.7. The average Bonchev–Trinajstić information content (AvgIpc) is 2.66. The molecule has 20 heavy (non-hydrogen) atoms. The summed E-state index contributed by atoms with van der Waals surface area (Å²) in [5.74, 6) is -0.181. The molecule has 1 fully saturated rings. The fraction of sp³-hybridized carbons (Fsp3) is 0.467. The molecule has 2 atom stereocenters. The zero-order valence-electron chi connectivity index (χ0n) is 11.2. The van der Waals surface area contributed by atoms with E-state index < -0.39 is 11.7 Å². The fourth-order valence-corrected chi connectivity index (χ4v) is 4.95. The number of hydrogen-bond acceptors (Lipinski definition) is 3. The van der Waals surface area contributed by atoms with E-state index in [0.29, 0.717) is 16.5 Å². The maximum Gasteiger partial charge on any atom is 0.296 e. The molecule has 1 saturated carbocycles. The molecule has 1 aromatic carbocycles. The van der Waals surface area contributed by atoms with Crippen molar-refractivity contribution in [2.45, 2.75) is 42.8 Å². The van der Waals surface area contributed by atoms with Gasteiger partial charge in [-0.3, -0.25) is 9.59 Å². The van der Waals surface area contributed by atoms with Gasteiger partial charge in [0.25, 0.3) is 11.7 Å². The van der Waals surface area contributed by atoms with E-state index in [1.54, 1.807) is 6.07 Å². The van der Waals surface area contributed by atoms with Gasteiger partial charge in [0.05, 0.1) is 11.3 Å². The van der Waals surface area contributed by atoms with Gasteiger partial charge in [-0.15, -0.1) is 11.8 Å². The number of benzene rings is 1. The van der Waals surface area contributed by atoms with Crippen LogP contribution in [0.25, 0.3) is 0 Å². The maximum atomic E-state index is 11.7. The van der Waals surface area contributed by atoms with Crippen molar-refractivity contribution in [3.63, 3.8) is 0 Å². The molecule has 1 aromatic rings. The molecule has 1 amide bonds. The summed E-state index contributed by atoms with van der Waals surface area (Å²) in [6, 6.07) is 3.69. The number of Topliss-reactive ketones (excluding diaryl/α,β-unsaturated/α-hetero) is 1. The van der Waals surface area contributed by atoms with Crippen LogP contribution in [-0.2, 0) is 4.79 Å². The Hall–Kier alpha value is -0.810.